The lowest BCUT2D eigenvalue weighted by Crippen LogP contribution is -2.22. The van der Waals surface area contributed by atoms with Gasteiger partial charge in [-0.3, -0.25) is 4.98 Å². The maximum atomic E-state index is 11.4. The number of amides is 1. The van der Waals surface area contributed by atoms with Gasteiger partial charge < -0.3 is 10.4 Å². The third-order valence-electron chi connectivity index (χ3n) is 1.70. The van der Waals surface area contributed by atoms with Crippen LogP contribution in [0.1, 0.15) is 5.69 Å². The van der Waals surface area contributed by atoms with Gasteiger partial charge in [-0.15, -0.1) is 0 Å². The second-order valence-electron chi connectivity index (χ2n) is 3.03. The molecule has 1 rings (SSSR count). The number of pyridine rings is 1. The minimum atomic E-state index is -3.48. The number of hydrogen-bond donors (Lipinski definition) is 2. The lowest BCUT2D eigenvalue weighted by molar-refractivity contribution is 0.193. The van der Waals surface area contributed by atoms with Crippen LogP contribution in [0.5, 0.6) is 0 Å². The number of nitrogens with zero attached hydrogens (tertiary/aromatic N) is 1. The van der Waals surface area contributed by atoms with E-state index >= 15 is 0 Å². The lowest BCUT2D eigenvalue weighted by atomic mass is 10.3. The summed E-state index contributed by atoms with van der Waals surface area (Å²) in [5, 5.41) is 10.6. The van der Waals surface area contributed by atoms with Crippen molar-refractivity contribution in [2.24, 2.45) is 0 Å². The molecule has 8 heteroatoms. The fraction of sp³-hybridized carbons (Fsp3) is 0.250. The molecule has 2 N–H and O–H groups in total. The molecular weight excluding hydrogens is 256 g/mol. The first kappa shape index (κ1) is 12.7. The number of nitrogens with one attached hydrogen (secondary N) is 1. The molecule has 0 saturated heterocycles. The Morgan fingerprint density at radius 2 is 2.25 bits per heavy atom. The molecule has 0 fully saturated rings. The molecule has 16 heavy (non-hydrogen) atoms. The summed E-state index contributed by atoms with van der Waals surface area (Å²) in [5.41, 5.74) is 0.120. The normalized spacial score (nSPS) is 11.1. The number of halogens is 1. The van der Waals surface area contributed by atoms with Crippen LogP contribution in [0.25, 0.3) is 0 Å². The van der Waals surface area contributed by atoms with E-state index < -0.39 is 15.9 Å². The van der Waals surface area contributed by atoms with Gasteiger partial charge in [-0.2, -0.15) is 0 Å². The van der Waals surface area contributed by atoms with Gasteiger partial charge in [-0.1, -0.05) is 11.6 Å². The SMILES string of the molecule is CS(=O)(=O)c1cc(Cl)cnc1CNC(=O)O. The molecule has 88 valence electrons. The third kappa shape index (κ3) is 3.35. The second kappa shape index (κ2) is 4.67. The summed E-state index contributed by atoms with van der Waals surface area (Å²) in [7, 11) is -3.48. The number of sulfone groups is 1. The Morgan fingerprint density at radius 1 is 1.62 bits per heavy atom. The van der Waals surface area contributed by atoms with E-state index in [1.165, 1.54) is 12.3 Å². The maximum Gasteiger partial charge on any atom is 0.404 e. The molecule has 1 amide bonds. The maximum absolute atomic E-state index is 11.4. The highest BCUT2D eigenvalue weighted by Crippen LogP contribution is 2.18. The monoisotopic (exact) mass is 264 g/mol. The van der Waals surface area contributed by atoms with Crippen molar-refractivity contribution in [3.63, 3.8) is 0 Å². The van der Waals surface area contributed by atoms with Crippen LogP contribution in [0.15, 0.2) is 17.2 Å². The molecule has 0 radical (unpaired) electrons. The number of aromatic nitrogens is 1. The first-order valence-corrected chi connectivity index (χ1v) is 6.39. The topological polar surface area (TPSA) is 96.4 Å². The summed E-state index contributed by atoms with van der Waals surface area (Å²) in [6, 6.07) is 1.24. The smallest absolute Gasteiger partial charge is 0.404 e. The Hall–Kier alpha value is -1.34. The molecule has 0 unspecified atom stereocenters. The van der Waals surface area contributed by atoms with Crippen LogP contribution in [-0.4, -0.2) is 30.9 Å². The average Bonchev–Trinajstić information content (AvgIpc) is 2.14. The van der Waals surface area contributed by atoms with Crippen LogP contribution in [0.2, 0.25) is 5.02 Å². The molecule has 6 nitrogen and oxygen atoms in total. The second-order valence-corrected chi connectivity index (χ2v) is 5.45. The molecule has 0 saturated carbocycles. The number of carboxylic acid groups (broad SMARTS) is 1. The predicted molar refractivity (Wildman–Crippen MR) is 57.2 cm³/mol. The summed E-state index contributed by atoms with van der Waals surface area (Å²) >= 11 is 5.62. The van der Waals surface area contributed by atoms with Crippen LogP contribution in [-0.2, 0) is 16.4 Å². The van der Waals surface area contributed by atoms with Gasteiger partial charge in [0.2, 0.25) is 0 Å². The van der Waals surface area contributed by atoms with Crippen molar-refractivity contribution in [2.75, 3.05) is 6.26 Å². The van der Waals surface area contributed by atoms with Crippen molar-refractivity contribution in [3.05, 3.63) is 23.0 Å². The Bertz CT molecular complexity index is 515. The van der Waals surface area contributed by atoms with E-state index in [2.05, 4.69) is 4.98 Å². The average molecular weight is 265 g/mol. The first-order chi connectivity index (χ1) is 7.30. The van der Waals surface area contributed by atoms with Crippen LogP contribution in [0, 0.1) is 0 Å². The van der Waals surface area contributed by atoms with Gasteiger partial charge in [0, 0.05) is 12.5 Å². The quantitative estimate of drug-likeness (QED) is 0.846. The van der Waals surface area contributed by atoms with E-state index in [9.17, 15) is 13.2 Å². The van der Waals surface area contributed by atoms with Gasteiger partial charge in [0.05, 0.1) is 22.2 Å². The molecule has 0 aliphatic carbocycles. The first-order valence-electron chi connectivity index (χ1n) is 4.12. The summed E-state index contributed by atoms with van der Waals surface area (Å²) in [6.45, 7) is -0.186. The fourth-order valence-electron chi connectivity index (χ4n) is 1.06. The molecule has 1 heterocycles. The molecule has 0 aromatic carbocycles. The van der Waals surface area contributed by atoms with Gasteiger partial charge in [-0.25, -0.2) is 13.2 Å². The molecule has 0 atom stereocenters. The van der Waals surface area contributed by atoms with Crippen molar-refractivity contribution in [3.8, 4) is 0 Å². The Balaban J connectivity index is 3.13. The molecule has 0 spiro atoms. The zero-order valence-corrected chi connectivity index (χ0v) is 9.84. The minimum Gasteiger partial charge on any atom is -0.465 e. The van der Waals surface area contributed by atoms with Crippen LogP contribution < -0.4 is 5.32 Å². The highest BCUT2D eigenvalue weighted by Gasteiger charge is 2.15. The van der Waals surface area contributed by atoms with E-state index in [1.54, 1.807) is 0 Å². The third-order valence-corrected chi connectivity index (χ3v) is 3.06. The van der Waals surface area contributed by atoms with E-state index in [4.69, 9.17) is 16.7 Å². The molecule has 1 aromatic heterocycles. The zero-order valence-electron chi connectivity index (χ0n) is 8.27. The highest BCUT2D eigenvalue weighted by molar-refractivity contribution is 7.90. The van der Waals surface area contributed by atoms with Crippen LogP contribution >= 0.6 is 11.6 Å². The Labute approximate surface area is 97.2 Å². The van der Waals surface area contributed by atoms with Gasteiger partial charge >= 0.3 is 6.09 Å². The van der Waals surface area contributed by atoms with Gasteiger partial charge in [0.25, 0.3) is 0 Å². The zero-order chi connectivity index (χ0) is 12.3. The molecular formula is C8H9ClN2O4S. The predicted octanol–water partition coefficient (Wildman–Crippen LogP) is 0.906. The van der Waals surface area contributed by atoms with E-state index in [0.29, 0.717) is 0 Å². The Kier molecular flexibility index (Phi) is 3.71. The van der Waals surface area contributed by atoms with E-state index in [1.807, 2.05) is 5.32 Å². The summed E-state index contributed by atoms with van der Waals surface area (Å²) < 4.78 is 22.8. The largest absolute Gasteiger partial charge is 0.465 e. The van der Waals surface area contributed by atoms with Crippen LogP contribution in [0.4, 0.5) is 4.79 Å². The summed E-state index contributed by atoms with van der Waals surface area (Å²) in [4.78, 5) is 14.0. The van der Waals surface area contributed by atoms with Crippen molar-refractivity contribution < 1.29 is 18.3 Å². The number of carbonyl (C=O) groups is 1. The van der Waals surface area contributed by atoms with Crippen molar-refractivity contribution >= 4 is 27.5 Å². The molecule has 0 bridgehead atoms. The van der Waals surface area contributed by atoms with Crippen molar-refractivity contribution in [2.45, 2.75) is 11.4 Å². The lowest BCUT2D eigenvalue weighted by Gasteiger charge is -2.07. The molecule has 0 aliphatic rings. The number of hydrogen-bond acceptors (Lipinski definition) is 4. The van der Waals surface area contributed by atoms with Gasteiger partial charge in [0.1, 0.15) is 0 Å². The molecule has 0 aliphatic heterocycles. The highest BCUT2D eigenvalue weighted by atomic mass is 35.5. The number of rotatable bonds is 3. The minimum absolute atomic E-state index is 0.0752. The van der Waals surface area contributed by atoms with Crippen molar-refractivity contribution in [1.82, 2.24) is 10.3 Å². The summed E-state index contributed by atoms with van der Waals surface area (Å²) in [6.07, 6.45) is 1.01. The van der Waals surface area contributed by atoms with E-state index in [0.717, 1.165) is 6.26 Å². The van der Waals surface area contributed by atoms with Gasteiger partial charge in [0.15, 0.2) is 9.84 Å². The fourth-order valence-corrected chi connectivity index (χ4v) is 2.18. The van der Waals surface area contributed by atoms with Crippen LogP contribution in [0.3, 0.4) is 0 Å². The summed E-state index contributed by atoms with van der Waals surface area (Å²) in [5.74, 6) is 0. The molecule has 1 aromatic rings. The van der Waals surface area contributed by atoms with E-state index in [-0.39, 0.29) is 22.2 Å². The standard InChI is InChI=1S/C8H9ClN2O4S/c1-16(14,15)7-2-5(9)3-10-6(7)4-11-8(12)13/h2-3,11H,4H2,1H3,(H,12,13). The Morgan fingerprint density at radius 3 is 2.75 bits per heavy atom. The van der Waals surface area contributed by atoms with Gasteiger partial charge in [-0.05, 0) is 6.07 Å². The van der Waals surface area contributed by atoms with Crippen molar-refractivity contribution in [1.29, 1.82) is 0 Å².